The molecule has 1 aliphatic rings. The molecule has 114 valence electrons. The molecule has 0 saturated carbocycles. The Morgan fingerprint density at radius 2 is 2.10 bits per heavy atom. The van der Waals surface area contributed by atoms with E-state index in [4.69, 9.17) is 10.8 Å². The molecule has 0 aromatic carbocycles. The number of carboxylic acid groups (broad SMARTS) is 1. The van der Waals surface area contributed by atoms with Crippen molar-refractivity contribution in [1.82, 2.24) is 10.2 Å². The Morgan fingerprint density at radius 1 is 1.45 bits per heavy atom. The number of nitrogens with two attached hydrogens (primary N) is 1. The van der Waals surface area contributed by atoms with Crippen LogP contribution in [0.2, 0.25) is 0 Å². The highest BCUT2D eigenvalue weighted by atomic mass is 16.4. The molecule has 1 aliphatic heterocycles. The lowest BCUT2D eigenvalue weighted by molar-refractivity contribution is -0.139. The molecule has 2 unspecified atom stereocenters. The van der Waals surface area contributed by atoms with Crippen molar-refractivity contribution in [2.45, 2.75) is 38.3 Å². The average molecular weight is 287 g/mol. The SMILES string of the molecule is CC1CN(C(=O)N[C@H](CCC(N)=O)C(=O)O)CCC1O. The lowest BCUT2D eigenvalue weighted by Crippen LogP contribution is -2.52. The van der Waals surface area contributed by atoms with Crippen molar-refractivity contribution >= 4 is 17.9 Å². The molecule has 20 heavy (non-hydrogen) atoms. The second-order valence-corrected chi connectivity index (χ2v) is 5.12. The molecular weight excluding hydrogens is 266 g/mol. The van der Waals surface area contributed by atoms with E-state index in [0.29, 0.717) is 19.5 Å². The first kappa shape index (κ1) is 16.2. The van der Waals surface area contributed by atoms with E-state index >= 15 is 0 Å². The van der Waals surface area contributed by atoms with Gasteiger partial charge in [0.1, 0.15) is 6.04 Å². The van der Waals surface area contributed by atoms with Crippen molar-refractivity contribution < 1.29 is 24.6 Å². The molecule has 0 radical (unpaired) electrons. The minimum absolute atomic E-state index is 0.0393. The lowest BCUT2D eigenvalue weighted by Gasteiger charge is -2.34. The normalized spacial score (nSPS) is 24.0. The number of carboxylic acids is 1. The third-order valence-corrected chi connectivity index (χ3v) is 3.42. The molecule has 5 N–H and O–H groups in total. The molecule has 1 heterocycles. The second-order valence-electron chi connectivity index (χ2n) is 5.12. The molecule has 3 amide bonds. The molecule has 3 atom stereocenters. The highest BCUT2D eigenvalue weighted by Gasteiger charge is 2.29. The minimum atomic E-state index is -1.20. The largest absolute Gasteiger partial charge is 0.480 e. The van der Waals surface area contributed by atoms with E-state index in [1.807, 2.05) is 6.92 Å². The summed E-state index contributed by atoms with van der Waals surface area (Å²) in [6, 6.07) is -1.64. The van der Waals surface area contributed by atoms with Crippen molar-refractivity contribution in [3.05, 3.63) is 0 Å². The molecule has 1 rings (SSSR count). The van der Waals surface area contributed by atoms with Gasteiger partial charge in [0.2, 0.25) is 5.91 Å². The summed E-state index contributed by atoms with van der Waals surface area (Å²) in [5, 5.41) is 21.0. The standard InChI is InChI=1S/C12H21N3O5/c1-7-6-15(5-4-9(7)16)12(20)14-8(11(18)19)2-3-10(13)17/h7-9,16H,2-6H2,1H3,(H2,13,17)(H,14,20)(H,18,19)/t7?,8-,9?/m1/s1. The van der Waals surface area contributed by atoms with Gasteiger partial charge in [-0.1, -0.05) is 6.92 Å². The highest BCUT2D eigenvalue weighted by molar-refractivity contribution is 5.83. The maximum Gasteiger partial charge on any atom is 0.326 e. The Morgan fingerprint density at radius 3 is 2.60 bits per heavy atom. The van der Waals surface area contributed by atoms with Crippen molar-refractivity contribution in [3.8, 4) is 0 Å². The summed E-state index contributed by atoms with van der Waals surface area (Å²) in [5.41, 5.74) is 4.97. The van der Waals surface area contributed by atoms with E-state index in [1.165, 1.54) is 4.90 Å². The number of primary amides is 1. The van der Waals surface area contributed by atoms with Crippen molar-refractivity contribution in [2.75, 3.05) is 13.1 Å². The van der Waals surface area contributed by atoms with Gasteiger partial charge in [0.25, 0.3) is 0 Å². The van der Waals surface area contributed by atoms with Gasteiger partial charge in [-0.05, 0) is 18.8 Å². The van der Waals surface area contributed by atoms with E-state index in [1.54, 1.807) is 0 Å². The number of aliphatic carboxylic acids is 1. The van der Waals surface area contributed by atoms with Crippen molar-refractivity contribution in [2.24, 2.45) is 11.7 Å². The molecule has 0 aliphatic carbocycles. The first-order valence-corrected chi connectivity index (χ1v) is 6.56. The molecule has 0 bridgehead atoms. The van der Waals surface area contributed by atoms with E-state index in [9.17, 15) is 19.5 Å². The Bertz CT molecular complexity index is 387. The summed E-state index contributed by atoms with van der Waals surface area (Å²) in [5.74, 6) is -1.87. The fourth-order valence-electron chi connectivity index (χ4n) is 2.10. The number of likely N-dealkylation sites (tertiary alicyclic amines) is 1. The van der Waals surface area contributed by atoms with Gasteiger partial charge in [-0.3, -0.25) is 4.79 Å². The summed E-state index contributed by atoms with van der Waals surface area (Å²) in [6.45, 7) is 2.57. The van der Waals surface area contributed by atoms with Gasteiger partial charge in [-0.2, -0.15) is 0 Å². The average Bonchev–Trinajstić information content (AvgIpc) is 2.36. The fraction of sp³-hybridized carbons (Fsp3) is 0.750. The minimum Gasteiger partial charge on any atom is -0.480 e. The van der Waals surface area contributed by atoms with Crippen LogP contribution in [0.3, 0.4) is 0 Å². The topological polar surface area (TPSA) is 133 Å². The predicted molar refractivity (Wildman–Crippen MR) is 69.7 cm³/mol. The monoisotopic (exact) mass is 287 g/mol. The van der Waals surface area contributed by atoms with E-state index < -0.39 is 30.1 Å². The molecule has 1 fully saturated rings. The zero-order valence-electron chi connectivity index (χ0n) is 11.4. The molecule has 0 aromatic rings. The third-order valence-electron chi connectivity index (χ3n) is 3.42. The van der Waals surface area contributed by atoms with E-state index in [-0.39, 0.29) is 18.8 Å². The first-order chi connectivity index (χ1) is 9.31. The number of urea groups is 1. The number of hydrogen-bond donors (Lipinski definition) is 4. The van der Waals surface area contributed by atoms with Crippen LogP contribution in [0.15, 0.2) is 0 Å². The summed E-state index contributed by atoms with van der Waals surface area (Å²) in [7, 11) is 0. The summed E-state index contributed by atoms with van der Waals surface area (Å²) < 4.78 is 0. The number of carbonyl (C=O) groups excluding carboxylic acids is 2. The van der Waals surface area contributed by atoms with Crippen LogP contribution in [0.4, 0.5) is 4.79 Å². The van der Waals surface area contributed by atoms with Gasteiger partial charge in [0.15, 0.2) is 0 Å². The summed E-state index contributed by atoms with van der Waals surface area (Å²) in [6.07, 6.45) is -0.119. The smallest absolute Gasteiger partial charge is 0.326 e. The number of carbonyl (C=O) groups is 3. The van der Waals surface area contributed by atoms with Crippen LogP contribution in [0.1, 0.15) is 26.2 Å². The van der Waals surface area contributed by atoms with Crippen LogP contribution in [-0.4, -0.2) is 58.3 Å². The Balaban J connectivity index is 2.53. The van der Waals surface area contributed by atoms with Crippen LogP contribution in [0.25, 0.3) is 0 Å². The lowest BCUT2D eigenvalue weighted by atomic mass is 9.97. The maximum absolute atomic E-state index is 12.0. The number of amides is 3. The van der Waals surface area contributed by atoms with Gasteiger partial charge in [0.05, 0.1) is 6.10 Å². The summed E-state index contributed by atoms with van der Waals surface area (Å²) in [4.78, 5) is 35.1. The zero-order valence-corrected chi connectivity index (χ0v) is 11.4. The molecular formula is C12H21N3O5. The third kappa shape index (κ3) is 4.69. The van der Waals surface area contributed by atoms with Crippen LogP contribution in [-0.2, 0) is 9.59 Å². The second kappa shape index (κ2) is 7.09. The zero-order chi connectivity index (χ0) is 15.3. The van der Waals surface area contributed by atoms with Gasteiger partial charge in [-0.25, -0.2) is 9.59 Å². The van der Waals surface area contributed by atoms with Crippen LogP contribution < -0.4 is 11.1 Å². The van der Waals surface area contributed by atoms with Gasteiger partial charge in [0, 0.05) is 19.5 Å². The number of nitrogens with zero attached hydrogens (tertiary/aromatic N) is 1. The fourth-order valence-corrected chi connectivity index (χ4v) is 2.10. The Kier molecular flexibility index (Phi) is 5.75. The van der Waals surface area contributed by atoms with E-state index in [2.05, 4.69) is 5.32 Å². The van der Waals surface area contributed by atoms with Gasteiger partial charge >= 0.3 is 12.0 Å². The number of aliphatic hydroxyl groups is 1. The molecule has 0 spiro atoms. The number of nitrogens with one attached hydrogen (secondary N) is 1. The molecule has 8 heteroatoms. The van der Waals surface area contributed by atoms with Gasteiger partial charge in [-0.15, -0.1) is 0 Å². The predicted octanol–water partition coefficient (Wildman–Crippen LogP) is -0.883. The number of piperidine rings is 1. The first-order valence-electron chi connectivity index (χ1n) is 6.56. The Hall–Kier alpha value is -1.83. The quantitative estimate of drug-likeness (QED) is 0.521. The van der Waals surface area contributed by atoms with E-state index in [0.717, 1.165) is 0 Å². The molecule has 0 aromatic heterocycles. The van der Waals surface area contributed by atoms with Crippen molar-refractivity contribution in [3.63, 3.8) is 0 Å². The van der Waals surface area contributed by atoms with Gasteiger partial charge < -0.3 is 26.2 Å². The summed E-state index contributed by atoms with van der Waals surface area (Å²) >= 11 is 0. The maximum atomic E-state index is 12.0. The van der Waals surface area contributed by atoms with Crippen molar-refractivity contribution in [1.29, 1.82) is 0 Å². The van der Waals surface area contributed by atoms with Crippen LogP contribution in [0, 0.1) is 5.92 Å². The highest BCUT2D eigenvalue weighted by Crippen LogP contribution is 2.16. The Labute approximate surface area is 116 Å². The number of hydrogen-bond acceptors (Lipinski definition) is 4. The molecule has 8 nitrogen and oxygen atoms in total. The number of rotatable bonds is 5. The van der Waals surface area contributed by atoms with Crippen LogP contribution >= 0.6 is 0 Å². The molecule has 1 saturated heterocycles. The number of aliphatic hydroxyl groups excluding tert-OH is 1. The van der Waals surface area contributed by atoms with Crippen LogP contribution in [0.5, 0.6) is 0 Å².